The number of ether oxygens (including phenoxy) is 4. The lowest BCUT2D eigenvalue weighted by Gasteiger charge is -2.34. The largest absolute Gasteiger partial charge is 0.493 e. The Hall–Kier alpha value is -2.44. The molecule has 0 unspecified atom stereocenters. The van der Waals surface area contributed by atoms with Gasteiger partial charge in [-0.25, -0.2) is 0 Å². The number of hydrogen-bond donors (Lipinski definition) is 0. The van der Waals surface area contributed by atoms with E-state index in [0.29, 0.717) is 11.5 Å². The molecule has 0 radical (unpaired) electrons. The molecule has 0 aliphatic carbocycles. The lowest BCUT2D eigenvalue weighted by Crippen LogP contribution is -2.47. The molecule has 1 fully saturated rings. The highest BCUT2D eigenvalue weighted by Crippen LogP contribution is 2.39. The Bertz CT molecular complexity index is 746. The third-order valence-electron chi connectivity index (χ3n) is 5.37. The fourth-order valence-electron chi connectivity index (χ4n) is 3.68. The molecule has 1 heterocycles. The van der Waals surface area contributed by atoms with Crippen molar-refractivity contribution in [2.75, 3.05) is 67.2 Å². The minimum absolute atomic E-state index is 0.663. The summed E-state index contributed by atoms with van der Waals surface area (Å²) in [6.45, 7) is 6.98. The van der Waals surface area contributed by atoms with Crippen LogP contribution in [0.5, 0.6) is 23.0 Å². The maximum Gasteiger partial charge on any atom is 0.203 e. The first-order chi connectivity index (χ1) is 14.2. The summed E-state index contributed by atoms with van der Waals surface area (Å²) in [6.07, 6.45) is 0.917. The maximum atomic E-state index is 5.82. The predicted octanol–water partition coefficient (Wildman–Crippen LogP) is 2.95. The Kier molecular flexibility index (Phi) is 8.02. The Labute approximate surface area is 173 Å². The highest BCUT2D eigenvalue weighted by molar-refractivity contribution is 5.55. The summed E-state index contributed by atoms with van der Waals surface area (Å²) in [5.41, 5.74) is 1.14. The van der Waals surface area contributed by atoms with Crippen LogP contribution in [0.25, 0.3) is 0 Å². The lowest BCUT2D eigenvalue weighted by molar-refractivity contribution is 0.117. The van der Waals surface area contributed by atoms with Crippen LogP contribution in [0, 0.1) is 0 Å². The van der Waals surface area contributed by atoms with Crippen molar-refractivity contribution < 1.29 is 18.9 Å². The summed E-state index contributed by atoms with van der Waals surface area (Å²) < 4.78 is 22.3. The standard InChI is InChI=1S/C23H32N2O4/c1-26-21-10-9-19(22(27-2)23(21)28-3)11-12-24-13-15-25(16-14-24)17-18-29-20-7-5-4-6-8-20/h4-10H,11-18H2,1-3H3. The van der Waals surface area contributed by atoms with Crippen LogP contribution in [0.2, 0.25) is 0 Å². The van der Waals surface area contributed by atoms with Crippen molar-refractivity contribution in [2.24, 2.45) is 0 Å². The summed E-state index contributed by atoms with van der Waals surface area (Å²) in [5.74, 6) is 3.06. The number of benzene rings is 2. The molecule has 29 heavy (non-hydrogen) atoms. The number of hydrogen-bond acceptors (Lipinski definition) is 6. The number of rotatable bonds is 10. The van der Waals surface area contributed by atoms with E-state index >= 15 is 0 Å². The second-order valence-electron chi connectivity index (χ2n) is 7.09. The topological polar surface area (TPSA) is 43.4 Å². The second-order valence-corrected chi connectivity index (χ2v) is 7.09. The van der Waals surface area contributed by atoms with Gasteiger partial charge in [-0.15, -0.1) is 0 Å². The van der Waals surface area contributed by atoms with Gasteiger partial charge >= 0.3 is 0 Å². The first kappa shape index (κ1) is 21.3. The minimum Gasteiger partial charge on any atom is -0.493 e. The van der Waals surface area contributed by atoms with Gasteiger partial charge in [0.1, 0.15) is 12.4 Å². The molecule has 6 heteroatoms. The molecule has 1 saturated heterocycles. The molecule has 3 rings (SSSR count). The van der Waals surface area contributed by atoms with Crippen LogP contribution >= 0.6 is 0 Å². The molecule has 1 aliphatic heterocycles. The van der Waals surface area contributed by atoms with Crippen LogP contribution in [-0.4, -0.2) is 77.0 Å². The van der Waals surface area contributed by atoms with E-state index in [1.54, 1.807) is 21.3 Å². The average Bonchev–Trinajstić information content (AvgIpc) is 2.78. The quantitative estimate of drug-likeness (QED) is 0.611. The van der Waals surface area contributed by atoms with Crippen molar-refractivity contribution in [1.82, 2.24) is 9.80 Å². The Morgan fingerprint density at radius 1 is 0.724 bits per heavy atom. The highest BCUT2D eigenvalue weighted by atomic mass is 16.5. The predicted molar refractivity (Wildman–Crippen MR) is 115 cm³/mol. The highest BCUT2D eigenvalue weighted by Gasteiger charge is 2.19. The summed E-state index contributed by atoms with van der Waals surface area (Å²) >= 11 is 0. The molecule has 0 atom stereocenters. The van der Waals surface area contributed by atoms with Crippen molar-refractivity contribution in [1.29, 1.82) is 0 Å². The molecule has 158 valence electrons. The summed E-state index contributed by atoms with van der Waals surface area (Å²) in [5, 5.41) is 0. The van der Waals surface area contributed by atoms with Crippen LogP contribution in [0.15, 0.2) is 42.5 Å². The van der Waals surface area contributed by atoms with Gasteiger partial charge in [0.15, 0.2) is 11.5 Å². The van der Waals surface area contributed by atoms with Crippen molar-refractivity contribution >= 4 is 0 Å². The van der Waals surface area contributed by atoms with Gasteiger partial charge in [0.05, 0.1) is 21.3 Å². The molecule has 1 aliphatic rings. The molecule has 0 spiro atoms. The van der Waals surface area contributed by atoms with Crippen LogP contribution in [0.4, 0.5) is 0 Å². The third-order valence-corrected chi connectivity index (χ3v) is 5.37. The van der Waals surface area contributed by atoms with Crippen molar-refractivity contribution in [3.05, 3.63) is 48.0 Å². The zero-order valence-electron chi connectivity index (χ0n) is 17.7. The van der Waals surface area contributed by atoms with Crippen molar-refractivity contribution in [3.8, 4) is 23.0 Å². The smallest absolute Gasteiger partial charge is 0.203 e. The zero-order valence-corrected chi connectivity index (χ0v) is 17.7. The molecule has 2 aromatic carbocycles. The molecule has 6 nitrogen and oxygen atoms in total. The number of piperazine rings is 1. The molecule has 0 N–H and O–H groups in total. The Morgan fingerprint density at radius 3 is 2.00 bits per heavy atom. The van der Waals surface area contributed by atoms with E-state index in [0.717, 1.165) is 69.4 Å². The van der Waals surface area contributed by atoms with E-state index in [9.17, 15) is 0 Å². The molecule has 2 aromatic rings. The average molecular weight is 401 g/mol. The maximum absolute atomic E-state index is 5.82. The molecular formula is C23H32N2O4. The Balaban J connectivity index is 1.43. The van der Waals surface area contributed by atoms with Crippen LogP contribution in [-0.2, 0) is 6.42 Å². The zero-order chi connectivity index (χ0) is 20.5. The number of para-hydroxylation sites is 1. The number of methoxy groups -OCH3 is 3. The van der Waals surface area contributed by atoms with Crippen LogP contribution in [0.3, 0.4) is 0 Å². The van der Waals surface area contributed by atoms with Gasteiger partial charge in [-0.2, -0.15) is 0 Å². The fourth-order valence-corrected chi connectivity index (χ4v) is 3.68. The summed E-state index contributed by atoms with van der Waals surface area (Å²) in [6, 6.07) is 14.0. The molecule has 0 amide bonds. The van der Waals surface area contributed by atoms with Gasteiger partial charge in [0.25, 0.3) is 0 Å². The van der Waals surface area contributed by atoms with E-state index in [2.05, 4.69) is 15.9 Å². The normalized spacial score (nSPS) is 15.1. The van der Waals surface area contributed by atoms with Crippen molar-refractivity contribution in [2.45, 2.75) is 6.42 Å². The molecule has 0 saturated carbocycles. The first-order valence-electron chi connectivity index (χ1n) is 10.2. The van der Waals surface area contributed by atoms with Crippen LogP contribution in [0.1, 0.15) is 5.56 Å². The van der Waals surface area contributed by atoms with E-state index < -0.39 is 0 Å². The molecular weight excluding hydrogens is 368 g/mol. The Morgan fingerprint density at radius 2 is 1.38 bits per heavy atom. The van der Waals surface area contributed by atoms with Gasteiger partial charge in [-0.3, -0.25) is 4.90 Å². The van der Waals surface area contributed by atoms with Gasteiger partial charge in [0, 0.05) is 39.3 Å². The van der Waals surface area contributed by atoms with Gasteiger partial charge in [-0.1, -0.05) is 24.3 Å². The second kappa shape index (κ2) is 10.9. The monoisotopic (exact) mass is 400 g/mol. The first-order valence-corrected chi connectivity index (χ1v) is 10.2. The van der Waals surface area contributed by atoms with Gasteiger partial charge in [0.2, 0.25) is 5.75 Å². The fraction of sp³-hybridized carbons (Fsp3) is 0.478. The lowest BCUT2D eigenvalue weighted by atomic mass is 10.1. The molecule has 0 bridgehead atoms. The van der Waals surface area contributed by atoms with E-state index in [4.69, 9.17) is 18.9 Å². The SMILES string of the molecule is COc1ccc(CCN2CCN(CCOc3ccccc3)CC2)c(OC)c1OC. The van der Waals surface area contributed by atoms with E-state index in [1.807, 2.05) is 36.4 Å². The van der Waals surface area contributed by atoms with Gasteiger partial charge in [-0.05, 0) is 30.2 Å². The van der Waals surface area contributed by atoms with Gasteiger partial charge < -0.3 is 23.8 Å². The summed E-state index contributed by atoms with van der Waals surface area (Å²) in [4.78, 5) is 4.97. The van der Waals surface area contributed by atoms with Crippen LogP contribution < -0.4 is 18.9 Å². The van der Waals surface area contributed by atoms with Crippen molar-refractivity contribution in [3.63, 3.8) is 0 Å². The van der Waals surface area contributed by atoms with E-state index in [1.165, 1.54) is 0 Å². The minimum atomic E-state index is 0.663. The summed E-state index contributed by atoms with van der Waals surface area (Å²) in [7, 11) is 4.96. The molecule has 0 aromatic heterocycles. The third kappa shape index (κ3) is 5.78. The van der Waals surface area contributed by atoms with E-state index in [-0.39, 0.29) is 0 Å². The number of nitrogens with zero attached hydrogens (tertiary/aromatic N) is 2.